The summed E-state index contributed by atoms with van der Waals surface area (Å²) in [5.41, 5.74) is 2.57. The van der Waals surface area contributed by atoms with Crippen LogP contribution in [0.25, 0.3) is 21.6 Å². The molecule has 4 aromatic rings. The molecule has 5 rings (SSSR count). The van der Waals surface area contributed by atoms with E-state index in [4.69, 9.17) is 4.98 Å². The number of thiophene rings is 1. The Kier molecular flexibility index (Phi) is 4.85. The first-order valence-electron chi connectivity index (χ1n) is 10.4. The van der Waals surface area contributed by atoms with Gasteiger partial charge in [-0.2, -0.15) is 23.4 Å². The van der Waals surface area contributed by atoms with E-state index in [1.807, 2.05) is 17.5 Å². The summed E-state index contributed by atoms with van der Waals surface area (Å²) in [7, 11) is 1.75. The lowest BCUT2D eigenvalue weighted by atomic mass is 10.0. The molecule has 0 N–H and O–H groups in total. The number of amides is 1. The molecule has 2 atom stereocenters. The van der Waals surface area contributed by atoms with Crippen LogP contribution in [0.2, 0.25) is 0 Å². The van der Waals surface area contributed by atoms with Gasteiger partial charge < -0.3 is 0 Å². The summed E-state index contributed by atoms with van der Waals surface area (Å²) in [6.45, 7) is 5.05. The minimum absolute atomic E-state index is 0.141. The van der Waals surface area contributed by atoms with E-state index in [9.17, 15) is 18.0 Å². The molecule has 11 heteroatoms. The highest BCUT2D eigenvalue weighted by Gasteiger charge is 2.48. The lowest BCUT2D eigenvalue weighted by Crippen LogP contribution is -2.48. The fraction of sp³-hybridized carbons (Fsp3) is 0.364. The number of pyridine rings is 1. The smallest absolute Gasteiger partial charge is 0.290 e. The average molecular weight is 475 g/mol. The number of aryl methyl sites for hydroxylation is 3. The Hall–Kier alpha value is -3.21. The maximum Gasteiger partial charge on any atom is 0.410 e. The molecule has 0 fully saturated rings. The molecule has 7 nitrogen and oxygen atoms in total. The largest absolute Gasteiger partial charge is 0.410 e. The van der Waals surface area contributed by atoms with Crippen molar-refractivity contribution in [1.29, 1.82) is 0 Å². The number of carbonyl (C=O) groups is 1. The van der Waals surface area contributed by atoms with Gasteiger partial charge in [0.05, 0.1) is 32.9 Å². The molecule has 0 saturated heterocycles. The summed E-state index contributed by atoms with van der Waals surface area (Å²) in [4.78, 5) is 21.0. The topological polar surface area (TPSA) is 68.8 Å². The van der Waals surface area contributed by atoms with Crippen LogP contribution in [0.1, 0.15) is 41.1 Å². The van der Waals surface area contributed by atoms with Crippen molar-refractivity contribution in [3.63, 3.8) is 0 Å². The van der Waals surface area contributed by atoms with Crippen molar-refractivity contribution in [3.8, 4) is 10.6 Å². The quantitative estimate of drug-likeness (QED) is 0.408. The zero-order valence-electron chi connectivity index (χ0n) is 18.4. The van der Waals surface area contributed by atoms with E-state index in [0.717, 1.165) is 9.56 Å². The molecule has 5 heterocycles. The number of hydrogen-bond donors (Lipinski definition) is 0. The minimum Gasteiger partial charge on any atom is -0.290 e. The van der Waals surface area contributed by atoms with Gasteiger partial charge in [0.15, 0.2) is 11.7 Å². The molecule has 0 radical (unpaired) electrons. The van der Waals surface area contributed by atoms with Gasteiger partial charge in [-0.05, 0) is 44.7 Å². The Labute approximate surface area is 191 Å². The fourth-order valence-corrected chi connectivity index (χ4v) is 5.22. The summed E-state index contributed by atoms with van der Waals surface area (Å²) in [6, 6.07) is 4.58. The van der Waals surface area contributed by atoms with Gasteiger partial charge in [0.1, 0.15) is 5.82 Å². The van der Waals surface area contributed by atoms with Crippen molar-refractivity contribution in [2.24, 2.45) is 7.05 Å². The number of rotatable bonds is 2. The second kappa shape index (κ2) is 7.41. The Morgan fingerprint density at radius 3 is 2.64 bits per heavy atom. The van der Waals surface area contributed by atoms with E-state index in [-0.39, 0.29) is 12.2 Å². The van der Waals surface area contributed by atoms with E-state index in [0.29, 0.717) is 33.7 Å². The Bertz CT molecular complexity index is 1370. The maximum absolute atomic E-state index is 14.0. The molecule has 2 unspecified atom stereocenters. The van der Waals surface area contributed by atoms with E-state index in [1.54, 1.807) is 38.6 Å². The normalized spacial score (nSPS) is 18.7. The van der Waals surface area contributed by atoms with Gasteiger partial charge >= 0.3 is 6.18 Å². The number of aromatic nitrogens is 5. The molecular formula is C22H21F3N6OS. The second-order valence-corrected chi connectivity index (χ2v) is 9.29. The maximum atomic E-state index is 14.0. The van der Waals surface area contributed by atoms with E-state index < -0.39 is 24.2 Å². The molecule has 0 bridgehead atoms. The van der Waals surface area contributed by atoms with Crippen LogP contribution in [-0.4, -0.2) is 42.7 Å². The van der Waals surface area contributed by atoms with Crippen molar-refractivity contribution >= 4 is 34.1 Å². The van der Waals surface area contributed by atoms with Gasteiger partial charge in [0.2, 0.25) is 0 Å². The van der Waals surface area contributed by atoms with E-state index in [1.165, 1.54) is 22.3 Å². The second-order valence-electron chi connectivity index (χ2n) is 8.35. The number of carbonyl (C=O) groups excluding carboxylic acids is 1. The molecule has 0 saturated carbocycles. The van der Waals surface area contributed by atoms with Crippen LogP contribution in [0, 0.1) is 13.8 Å². The molecular weight excluding hydrogens is 453 g/mol. The SMILES string of the molecule is Cc1cc2n(n1)C(C(F)(F)F)CC(C)N2C(=O)c1cc(-c2cccs2)nc2c1c(C)nn2C. The summed E-state index contributed by atoms with van der Waals surface area (Å²) >= 11 is 1.49. The van der Waals surface area contributed by atoms with Crippen LogP contribution in [0.4, 0.5) is 19.0 Å². The Balaban J connectivity index is 1.70. The van der Waals surface area contributed by atoms with Gasteiger partial charge in [-0.15, -0.1) is 11.3 Å². The molecule has 0 spiro atoms. The van der Waals surface area contributed by atoms with Crippen molar-refractivity contribution in [2.45, 2.75) is 45.5 Å². The molecule has 0 aliphatic carbocycles. The first-order chi connectivity index (χ1) is 15.6. The van der Waals surface area contributed by atoms with Gasteiger partial charge in [0, 0.05) is 19.2 Å². The van der Waals surface area contributed by atoms with Gasteiger partial charge in [-0.3, -0.25) is 14.4 Å². The molecule has 0 aromatic carbocycles. The lowest BCUT2D eigenvalue weighted by molar-refractivity contribution is -0.174. The lowest BCUT2D eigenvalue weighted by Gasteiger charge is -2.38. The summed E-state index contributed by atoms with van der Waals surface area (Å²) < 4.78 is 43.8. The van der Waals surface area contributed by atoms with Crippen molar-refractivity contribution < 1.29 is 18.0 Å². The number of anilines is 1. The van der Waals surface area contributed by atoms with Gasteiger partial charge in [-0.25, -0.2) is 9.67 Å². The summed E-state index contributed by atoms with van der Waals surface area (Å²) in [6.07, 6.45) is -4.74. The number of nitrogens with zero attached hydrogens (tertiary/aromatic N) is 6. The highest BCUT2D eigenvalue weighted by molar-refractivity contribution is 7.13. The average Bonchev–Trinajstić information content (AvgIpc) is 3.45. The van der Waals surface area contributed by atoms with Crippen molar-refractivity contribution in [2.75, 3.05) is 4.90 Å². The molecule has 33 heavy (non-hydrogen) atoms. The summed E-state index contributed by atoms with van der Waals surface area (Å²) in [5, 5.41) is 11.0. The van der Waals surface area contributed by atoms with Crippen LogP contribution >= 0.6 is 11.3 Å². The van der Waals surface area contributed by atoms with Gasteiger partial charge in [-0.1, -0.05) is 6.07 Å². The van der Waals surface area contributed by atoms with Crippen LogP contribution in [0.3, 0.4) is 0 Å². The zero-order valence-corrected chi connectivity index (χ0v) is 19.2. The highest BCUT2D eigenvalue weighted by atomic mass is 32.1. The predicted molar refractivity (Wildman–Crippen MR) is 120 cm³/mol. The van der Waals surface area contributed by atoms with Crippen LogP contribution < -0.4 is 4.90 Å². The highest BCUT2D eigenvalue weighted by Crippen LogP contribution is 2.43. The number of halogens is 3. The Morgan fingerprint density at radius 2 is 1.97 bits per heavy atom. The third-order valence-corrected chi connectivity index (χ3v) is 6.85. The molecule has 172 valence electrons. The molecule has 1 aliphatic rings. The zero-order chi connectivity index (χ0) is 23.7. The molecule has 1 amide bonds. The molecule has 4 aromatic heterocycles. The third-order valence-electron chi connectivity index (χ3n) is 5.95. The third kappa shape index (κ3) is 3.41. The van der Waals surface area contributed by atoms with Crippen LogP contribution in [0.5, 0.6) is 0 Å². The van der Waals surface area contributed by atoms with E-state index in [2.05, 4.69) is 10.2 Å². The van der Waals surface area contributed by atoms with Gasteiger partial charge in [0.25, 0.3) is 5.91 Å². The monoisotopic (exact) mass is 474 g/mol. The summed E-state index contributed by atoms with van der Waals surface area (Å²) in [5.74, 6) is -0.256. The minimum atomic E-state index is -4.47. The molecule has 1 aliphatic heterocycles. The van der Waals surface area contributed by atoms with Crippen LogP contribution in [0.15, 0.2) is 29.6 Å². The fourth-order valence-electron chi connectivity index (χ4n) is 4.54. The number of fused-ring (bicyclic) bond motifs is 2. The number of hydrogen-bond acceptors (Lipinski definition) is 5. The van der Waals surface area contributed by atoms with Crippen molar-refractivity contribution in [1.82, 2.24) is 24.5 Å². The van der Waals surface area contributed by atoms with Crippen LogP contribution in [-0.2, 0) is 7.05 Å². The Morgan fingerprint density at radius 1 is 1.21 bits per heavy atom. The van der Waals surface area contributed by atoms with E-state index >= 15 is 0 Å². The van der Waals surface area contributed by atoms with Crippen molar-refractivity contribution in [3.05, 3.63) is 46.6 Å². The first-order valence-corrected chi connectivity index (χ1v) is 11.3. The predicted octanol–water partition coefficient (Wildman–Crippen LogP) is 5.05. The standard InChI is InChI=1S/C22H21F3N6OS/c1-11-8-18-30(12(2)9-17(22(23,24)25)31(18)27-11)21(32)14-10-15(16-6-5-7-33-16)26-20-19(14)13(3)28-29(20)4/h5-8,10,12,17H,9H2,1-4H3. The number of alkyl halides is 3. The first kappa shape index (κ1) is 21.6.